The number of rotatable bonds is 2. The maximum atomic E-state index is 11.0. The van der Waals surface area contributed by atoms with Crippen molar-refractivity contribution in [2.24, 2.45) is 0 Å². The number of hydrogen-bond donors (Lipinski definition) is 1. The van der Waals surface area contributed by atoms with E-state index in [1.54, 1.807) is 0 Å². The van der Waals surface area contributed by atoms with Gasteiger partial charge in [0, 0.05) is 32.2 Å². The Morgan fingerprint density at radius 1 is 1.39 bits per heavy atom. The van der Waals surface area contributed by atoms with Gasteiger partial charge in [0.1, 0.15) is 0 Å². The molecule has 2 rings (SSSR count). The van der Waals surface area contributed by atoms with Crippen LogP contribution in [0.5, 0.6) is 0 Å². The summed E-state index contributed by atoms with van der Waals surface area (Å²) in [5, 5.41) is 9.04. The third kappa shape index (κ3) is 2.82. The molecule has 0 saturated carbocycles. The van der Waals surface area contributed by atoms with Gasteiger partial charge < -0.3 is 10.0 Å². The van der Waals surface area contributed by atoms with Crippen molar-refractivity contribution >= 4 is 6.09 Å². The lowest BCUT2D eigenvalue weighted by atomic mass is 10.1. The van der Waals surface area contributed by atoms with Crippen LogP contribution in [0, 0.1) is 6.92 Å². The minimum Gasteiger partial charge on any atom is -0.465 e. The summed E-state index contributed by atoms with van der Waals surface area (Å²) in [6.07, 6.45) is -0.807. The minimum absolute atomic E-state index is 0.0697. The number of carboxylic acid groups (broad SMARTS) is 1. The molecule has 0 spiro atoms. The summed E-state index contributed by atoms with van der Waals surface area (Å²) in [6.45, 7) is 7.21. The van der Waals surface area contributed by atoms with Crippen molar-refractivity contribution < 1.29 is 9.90 Å². The highest BCUT2D eigenvalue weighted by Crippen LogP contribution is 2.15. The second kappa shape index (κ2) is 5.40. The molecule has 18 heavy (non-hydrogen) atoms. The lowest BCUT2D eigenvalue weighted by molar-refractivity contribution is 0.0710. The Morgan fingerprint density at radius 2 is 2.11 bits per heavy atom. The average molecular weight is 248 g/mol. The molecule has 1 aliphatic heterocycles. The van der Waals surface area contributed by atoms with Crippen LogP contribution in [0.15, 0.2) is 24.3 Å². The van der Waals surface area contributed by atoms with Gasteiger partial charge in [0.15, 0.2) is 0 Å². The van der Waals surface area contributed by atoms with Gasteiger partial charge in [-0.2, -0.15) is 0 Å². The Bertz CT molecular complexity index is 434. The normalized spacial score (nSPS) is 21.0. The zero-order chi connectivity index (χ0) is 13.1. The maximum Gasteiger partial charge on any atom is 0.407 e. The van der Waals surface area contributed by atoms with E-state index in [1.807, 2.05) is 13.0 Å². The van der Waals surface area contributed by atoms with Gasteiger partial charge in [-0.25, -0.2) is 4.79 Å². The summed E-state index contributed by atoms with van der Waals surface area (Å²) in [5.74, 6) is 0. The lowest BCUT2D eigenvalue weighted by Crippen LogP contribution is -2.53. The van der Waals surface area contributed by atoms with Crippen molar-refractivity contribution in [2.75, 3.05) is 19.6 Å². The highest BCUT2D eigenvalue weighted by atomic mass is 16.4. The first-order valence-electron chi connectivity index (χ1n) is 6.34. The van der Waals surface area contributed by atoms with Gasteiger partial charge in [-0.3, -0.25) is 4.90 Å². The number of hydrogen-bond acceptors (Lipinski definition) is 2. The summed E-state index contributed by atoms with van der Waals surface area (Å²) in [5.41, 5.74) is 2.62. The molecule has 0 aliphatic carbocycles. The maximum absolute atomic E-state index is 11.0. The molecule has 0 bridgehead atoms. The Hall–Kier alpha value is -1.55. The molecule has 1 aromatic rings. The second-order valence-corrected chi connectivity index (χ2v) is 4.99. The van der Waals surface area contributed by atoms with E-state index in [1.165, 1.54) is 16.0 Å². The van der Waals surface area contributed by atoms with E-state index in [9.17, 15) is 4.79 Å². The van der Waals surface area contributed by atoms with Gasteiger partial charge in [-0.1, -0.05) is 24.3 Å². The van der Waals surface area contributed by atoms with Crippen LogP contribution in [0.1, 0.15) is 18.1 Å². The van der Waals surface area contributed by atoms with E-state index in [2.05, 4.69) is 30.0 Å². The second-order valence-electron chi connectivity index (χ2n) is 4.99. The van der Waals surface area contributed by atoms with E-state index >= 15 is 0 Å². The zero-order valence-corrected chi connectivity index (χ0v) is 11.0. The van der Waals surface area contributed by atoms with Gasteiger partial charge in [-0.05, 0) is 25.0 Å². The first kappa shape index (κ1) is 12.9. The zero-order valence-electron chi connectivity index (χ0n) is 11.0. The third-order valence-electron chi connectivity index (χ3n) is 3.61. The number of benzene rings is 1. The summed E-state index contributed by atoms with van der Waals surface area (Å²) < 4.78 is 0. The fraction of sp³-hybridized carbons (Fsp3) is 0.500. The fourth-order valence-corrected chi connectivity index (χ4v) is 2.49. The van der Waals surface area contributed by atoms with Crippen molar-refractivity contribution in [3.05, 3.63) is 35.4 Å². The van der Waals surface area contributed by atoms with Gasteiger partial charge >= 0.3 is 6.09 Å². The van der Waals surface area contributed by atoms with Crippen LogP contribution < -0.4 is 0 Å². The molecular formula is C14H20N2O2. The predicted molar refractivity (Wildman–Crippen MR) is 70.6 cm³/mol. The monoisotopic (exact) mass is 248 g/mol. The summed E-state index contributed by atoms with van der Waals surface area (Å²) in [7, 11) is 0. The van der Waals surface area contributed by atoms with E-state index in [-0.39, 0.29) is 6.04 Å². The first-order valence-corrected chi connectivity index (χ1v) is 6.34. The standard InChI is InChI=1S/C14H20N2O2/c1-11-5-3-4-6-13(11)10-15-7-8-16(14(17)18)12(2)9-15/h3-6,12H,7-10H2,1-2H3,(H,17,18)/t12-/m0/s1. The number of carbonyl (C=O) groups is 1. The van der Waals surface area contributed by atoms with Crippen molar-refractivity contribution in [3.8, 4) is 0 Å². The Morgan fingerprint density at radius 3 is 2.72 bits per heavy atom. The average Bonchev–Trinajstić information content (AvgIpc) is 2.32. The number of aryl methyl sites for hydroxylation is 1. The molecule has 0 unspecified atom stereocenters. The van der Waals surface area contributed by atoms with E-state index in [4.69, 9.17) is 5.11 Å². The smallest absolute Gasteiger partial charge is 0.407 e. The molecular weight excluding hydrogens is 228 g/mol. The molecule has 1 aromatic carbocycles. The summed E-state index contributed by atoms with van der Waals surface area (Å²) >= 11 is 0. The molecule has 98 valence electrons. The van der Waals surface area contributed by atoms with Crippen molar-refractivity contribution in [2.45, 2.75) is 26.4 Å². The molecule has 4 nitrogen and oxygen atoms in total. The molecule has 1 saturated heterocycles. The summed E-state index contributed by atoms with van der Waals surface area (Å²) in [4.78, 5) is 14.8. The van der Waals surface area contributed by atoms with Crippen LogP contribution in [0.25, 0.3) is 0 Å². The van der Waals surface area contributed by atoms with E-state index < -0.39 is 6.09 Å². The van der Waals surface area contributed by atoms with Gasteiger partial charge in [-0.15, -0.1) is 0 Å². The topological polar surface area (TPSA) is 43.8 Å². The van der Waals surface area contributed by atoms with Crippen LogP contribution in [0.4, 0.5) is 4.79 Å². The summed E-state index contributed by atoms with van der Waals surface area (Å²) in [6, 6.07) is 8.43. The first-order chi connectivity index (χ1) is 8.58. The van der Waals surface area contributed by atoms with Crippen LogP contribution in [0.2, 0.25) is 0 Å². The minimum atomic E-state index is -0.807. The molecule has 1 fully saturated rings. The predicted octanol–water partition coefficient (Wildman–Crippen LogP) is 2.18. The van der Waals surface area contributed by atoms with Crippen molar-refractivity contribution in [1.82, 2.24) is 9.80 Å². The molecule has 0 aromatic heterocycles. The van der Waals surface area contributed by atoms with Crippen LogP contribution >= 0.6 is 0 Å². The van der Waals surface area contributed by atoms with Crippen molar-refractivity contribution in [1.29, 1.82) is 0 Å². The number of piperazine rings is 1. The molecule has 1 aliphatic rings. The lowest BCUT2D eigenvalue weighted by Gasteiger charge is -2.38. The SMILES string of the molecule is Cc1ccccc1CN1CCN(C(=O)O)[C@@H](C)C1. The molecule has 4 heteroatoms. The quantitative estimate of drug-likeness (QED) is 0.872. The Labute approximate surface area is 108 Å². The largest absolute Gasteiger partial charge is 0.465 e. The van der Waals surface area contributed by atoms with Gasteiger partial charge in [0.05, 0.1) is 0 Å². The van der Waals surface area contributed by atoms with Crippen LogP contribution in [-0.4, -0.2) is 46.7 Å². The highest BCUT2D eigenvalue weighted by Gasteiger charge is 2.26. The van der Waals surface area contributed by atoms with Gasteiger partial charge in [0.25, 0.3) is 0 Å². The molecule has 1 N–H and O–H groups in total. The Kier molecular flexibility index (Phi) is 3.87. The van der Waals surface area contributed by atoms with Gasteiger partial charge in [0.2, 0.25) is 0 Å². The Balaban J connectivity index is 1.97. The molecule has 0 radical (unpaired) electrons. The van der Waals surface area contributed by atoms with Crippen LogP contribution in [-0.2, 0) is 6.54 Å². The number of amides is 1. The molecule has 1 atom stereocenters. The highest BCUT2D eigenvalue weighted by molar-refractivity contribution is 5.65. The van der Waals surface area contributed by atoms with Crippen molar-refractivity contribution in [3.63, 3.8) is 0 Å². The number of nitrogens with zero attached hydrogens (tertiary/aromatic N) is 2. The third-order valence-corrected chi connectivity index (χ3v) is 3.61. The molecule has 1 heterocycles. The fourth-order valence-electron chi connectivity index (χ4n) is 2.49. The van der Waals surface area contributed by atoms with Crippen LogP contribution in [0.3, 0.4) is 0 Å². The van der Waals surface area contributed by atoms with E-state index in [0.717, 1.165) is 19.6 Å². The van der Waals surface area contributed by atoms with E-state index in [0.29, 0.717) is 6.54 Å². The molecule has 1 amide bonds.